The Kier molecular flexibility index (Phi) is 5.41. The number of rotatable bonds is 5. The number of amides is 1. The van der Waals surface area contributed by atoms with E-state index >= 15 is 0 Å². The van der Waals surface area contributed by atoms with Gasteiger partial charge < -0.3 is 4.90 Å². The summed E-state index contributed by atoms with van der Waals surface area (Å²) >= 11 is 0. The molecule has 0 N–H and O–H groups in total. The highest BCUT2D eigenvalue weighted by atomic mass is 16.2. The Morgan fingerprint density at radius 2 is 2.05 bits per heavy atom. The molecule has 2 atom stereocenters. The monoisotopic (exact) mass is 265 g/mol. The molecule has 0 bridgehead atoms. The van der Waals surface area contributed by atoms with Crippen molar-refractivity contribution < 1.29 is 9.59 Å². The lowest BCUT2D eigenvalue weighted by Gasteiger charge is -2.33. The maximum Gasteiger partial charge on any atom is 0.222 e. The fraction of sp³-hybridized carbons (Fsp3) is 0.875. The molecular weight excluding hydrogens is 238 g/mol. The molecule has 3 nitrogen and oxygen atoms in total. The van der Waals surface area contributed by atoms with Crippen molar-refractivity contribution in [1.29, 1.82) is 0 Å². The maximum atomic E-state index is 12.3. The highest BCUT2D eigenvalue weighted by Gasteiger charge is 2.38. The van der Waals surface area contributed by atoms with Crippen molar-refractivity contribution in [3.63, 3.8) is 0 Å². The molecule has 0 radical (unpaired) electrons. The Morgan fingerprint density at radius 1 is 1.21 bits per heavy atom. The number of Topliss-reactive ketones (excluding diaryl/α,β-unsaturated/α-hetero) is 1. The van der Waals surface area contributed by atoms with Crippen molar-refractivity contribution in [1.82, 2.24) is 4.90 Å². The fourth-order valence-electron chi connectivity index (χ4n) is 3.61. The molecule has 1 amide bonds. The number of likely N-dealkylation sites (tertiary alicyclic amines) is 1. The van der Waals surface area contributed by atoms with Crippen molar-refractivity contribution in [3.05, 3.63) is 0 Å². The van der Waals surface area contributed by atoms with Crippen LogP contribution < -0.4 is 0 Å². The van der Waals surface area contributed by atoms with Crippen molar-refractivity contribution in [2.75, 3.05) is 6.54 Å². The summed E-state index contributed by atoms with van der Waals surface area (Å²) < 4.78 is 0. The van der Waals surface area contributed by atoms with Gasteiger partial charge in [0.05, 0.1) is 0 Å². The van der Waals surface area contributed by atoms with E-state index in [0.29, 0.717) is 12.2 Å². The van der Waals surface area contributed by atoms with E-state index in [1.165, 1.54) is 0 Å². The van der Waals surface area contributed by atoms with Crippen LogP contribution in [0.4, 0.5) is 0 Å². The van der Waals surface area contributed by atoms with Gasteiger partial charge in [-0.05, 0) is 32.1 Å². The Hall–Kier alpha value is -0.860. The third kappa shape index (κ3) is 3.58. The standard InChI is InChI=1S/C16H27NO2/c1-2-3-4-11-16(19)17-12-7-9-14(17)13-8-5-6-10-15(13)18/h13-14H,2-12H2,1H3. The largest absolute Gasteiger partial charge is 0.339 e. The molecule has 0 aromatic rings. The van der Waals surface area contributed by atoms with E-state index in [9.17, 15) is 9.59 Å². The molecule has 2 rings (SSSR count). The molecule has 2 aliphatic rings. The summed E-state index contributed by atoms with van der Waals surface area (Å²) in [5.74, 6) is 0.838. The smallest absolute Gasteiger partial charge is 0.222 e. The van der Waals surface area contributed by atoms with E-state index in [-0.39, 0.29) is 17.9 Å². The van der Waals surface area contributed by atoms with Crippen LogP contribution in [0.5, 0.6) is 0 Å². The normalized spacial score (nSPS) is 27.8. The topological polar surface area (TPSA) is 37.4 Å². The number of carbonyl (C=O) groups excluding carboxylic acids is 2. The van der Waals surface area contributed by atoms with E-state index in [4.69, 9.17) is 0 Å². The molecule has 108 valence electrons. The zero-order valence-corrected chi connectivity index (χ0v) is 12.2. The predicted octanol–water partition coefficient (Wildman–Crippen LogP) is 3.32. The van der Waals surface area contributed by atoms with Crippen molar-refractivity contribution in [3.8, 4) is 0 Å². The van der Waals surface area contributed by atoms with E-state index in [1.54, 1.807) is 0 Å². The number of ketones is 1. The molecule has 0 spiro atoms. The molecule has 0 aromatic carbocycles. The van der Waals surface area contributed by atoms with Crippen LogP contribution in [0, 0.1) is 5.92 Å². The Bertz CT molecular complexity index is 327. The van der Waals surface area contributed by atoms with Crippen LogP contribution in [0.1, 0.15) is 71.1 Å². The summed E-state index contributed by atoms with van der Waals surface area (Å²) in [5.41, 5.74) is 0. The molecule has 2 fully saturated rings. The summed E-state index contributed by atoms with van der Waals surface area (Å²) in [7, 11) is 0. The Labute approximate surface area is 116 Å². The summed E-state index contributed by atoms with van der Waals surface area (Å²) in [6, 6.07) is 0.224. The average molecular weight is 265 g/mol. The highest BCUT2D eigenvalue weighted by Crippen LogP contribution is 2.32. The zero-order chi connectivity index (χ0) is 13.7. The summed E-state index contributed by atoms with van der Waals surface area (Å²) in [4.78, 5) is 26.4. The summed E-state index contributed by atoms with van der Waals surface area (Å²) in [6.45, 7) is 3.03. The third-order valence-electron chi connectivity index (χ3n) is 4.68. The van der Waals surface area contributed by atoms with Gasteiger partial charge in [-0.3, -0.25) is 9.59 Å². The SMILES string of the molecule is CCCCCC(=O)N1CCCC1C1CCCCC1=O. The van der Waals surface area contributed by atoms with Crippen LogP contribution in [0.15, 0.2) is 0 Å². The van der Waals surface area contributed by atoms with E-state index in [1.807, 2.05) is 4.90 Å². The van der Waals surface area contributed by atoms with Gasteiger partial charge in [0.1, 0.15) is 5.78 Å². The van der Waals surface area contributed by atoms with Gasteiger partial charge in [-0.2, -0.15) is 0 Å². The first-order valence-electron chi connectivity index (χ1n) is 8.06. The minimum absolute atomic E-state index is 0.145. The first-order valence-corrected chi connectivity index (χ1v) is 8.06. The number of carbonyl (C=O) groups is 2. The minimum Gasteiger partial charge on any atom is -0.339 e. The second-order valence-corrected chi connectivity index (χ2v) is 6.07. The first-order chi connectivity index (χ1) is 9.24. The molecule has 2 unspecified atom stereocenters. The number of nitrogens with zero attached hydrogens (tertiary/aromatic N) is 1. The highest BCUT2D eigenvalue weighted by molar-refractivity contribution is 5.84. The van der Waals surface area contributed by atoms with Gasteiger partial charge in [-0.15, -0.1) is 0 Å². The van der Waals surface area contributed by atoms with Crippen LogP contribution in [0.3, 0.4) is 0 Å². The number of hydrogen-bond acceptors (Lipinski definition) is 2. The van der Waals surface area contributed by atoms with Gasteiger partial charge in [0.15, 0.2) is 0 Å². The molecule has 3 heteroatoms. The molecule has 1 aliphatic carbocycles. The van der Waals surface area contributed by atoms with E-state index in [2.05, 4.69) is 6.92 Å². The van der Waals surface area contributed by atoms with E-state index < -0.39 is 0 Å². The number of hydrogen-bond donors (Lipinski definition) is 0. The van der Waals surface area contributed by atoms with Crippen molar-refractivity contribution >= 4 is 11.7 Å². The lowest BCUT2D eigenvalue weighted by Crippen LogP contribution is -2.43. The summed E-state index contributed by atoms with van der Waals surface area (Å²) in [6.07, 6.45) is 10.0. The molecule has 1 saturated carbocycles. The lowest BCUT2D eigenvalue weighted by atomic mass is 9.81. The molecular formula is C16H27NO2. The van der Waals surface area contributed by atoms with Gasteiger partial charge in [0, 0.05) is 31.3 Å². The second kappa shape index (κ2) is 7.06. The van der Waals surface area contributed by atoms with Gasteiger partial charge >= 0.3 is 0 Å². The van der Waals surface area contributed by atoms with Gasteiger partial charge in [0.25, 0.3) is 0 Å². The second-order valence-electron chi connectivity index (χ2n) is 6.07. The molecule has 1 saturated heterocycles. The molecule has 1 aliphatic heterocycles. The Morgan fingerprint density at radius 3 is 2.79 bits per heavy atom. The summed E-state index contributed by atoms with van der Waals surface area (Å²) in [5, 5.41) is 0. The number of unbranched alkanes of at least 4 members (excludes halogenated alkanes) is 2. The van der Waals surface area contributed by atoms with Crippen molar-refractivity contribution in [2.24, 2.45) is 5.92 Å². The van der Waals surface area contributed by atoms with E-state index in [0.717, 1.165) is 64.3 Å². The van der Waals surface area contributed by atoms with Crippen molar-refractivity contribution in [2.45, 2.75) is 77.2 Å². The van der Waals surface area contributed by atoms with Crippen LogP contribution in [0.25, 0.3) is 0 Å². The first kappa shape index (κ1) is 14.5. The van der Waals surface area contributed by atoms with Crippen LogP contribution in [0.2, 0.25) is 0 Å². The third-order valence-corrected chi connectivity index (χ3v) is 4.68. The van der Waals surface area contributed by atoms with Gasteiger partial charge in [-0.25, -0.2) is 0 Å². The lowest BCUT2D eigenvalue weighted by molar-refractivity contribution is -0.135. The fourth-order valence-corrected chi connectivity index (χ4v) is 3.61. The van der Waals surface area contributed by atoms with Crippen LogP contribution >= 0.6 is 0 Å². The Balaban J connectivity index is 1.92. The average Bonchev–Trinajstić information content (AvgIpc) is 2.88. The molecule has 0 aromatic heterocycles. The molecule has 1 heterocycles. The minimum atomic E-state index is 0.145. The predicted molar refractivity (Wildman–Crippen MR) is 75.8 cm³/mol. The zero-order valence-electron chi connectivity index (χ0n) is 12.2. The maximum absolute atomic E-state index is 12.3. The van der Waals surface area contributed by atoms with Gasteiger partial charge in [-0.1, -0.05) is 26.2 Å². The molecule has 19 heavy (non-hydrogen) atoms. The van der Waals surface area contributed by atoms with Gasteiger partial charge in [0.2, 0.25) is 5.91 Å². The van der Waals surface area contributed by atoms with Crippen LogP contribution in [-0.2, 0) is 9.59 Å². The quantitative estimate of drug-likeness (QED) is 0.715. The van der Waals surface area contributed by atoms with Crippen LogP contribution in [-0.4, -0.2) is 29.2 Å².